The Morgan fingerprint density at radius 1 is 1.45 bits per heavy atom. The number of rotatable bonds is 3. The Hall–Kier alpha value is -2.15. The molecule has 1 amide bonds. The highest BCUT2D eigenvalue weighted by molar-refractivity contribution is 6.30. The fraction of sp³-hybridized carbons (Fsp3) is 0.333. The van der Waals surface area contributed by atoms with Gasteiger partial charge in [-0.25, -0.2) is 4.98 Å². The van der Waals surface area contributed by atoms with E-state index < -0.39 is 0 Å². The van der Waals surface area contributed by atoms with Crippen LogP contribution in [0.4, 0.5) is 0 Å². The van der Waals surface area contributed by atoms with Crippen LogP contribution in [0.1, 0.15) is 10.5 Å². The van der Waals surface area contributed by atoms with Gasteiger partial charge >= 0.3 is 0 Å². The molecule has 1 fully saturated rings. The minimum Gasteiger partial charge on any atom is -0.471 e. The number of aryl methyl sites for hydroxylation is 1. The zero-order valence-electron chi connectivity index (χ0n) is 10.7. The molecule has 7 nitrogen and oxygen atoms in total. The molecule has 0 bridgehead atoms. The first-order valence-electron chi connectivity index (χ1n) is 6.05. The van der Waals surface area contributed by atoms with E-state index in [1.807, 2.05) is 0 Å². The molecule has 2 aromatic rings. The van der Waals surface area contributed by atoms with Gasteiger partial charge in [-0.05, 0) is 6.07 Å². The van der Waals surface area contributed by atoms with E-state index in [-0.39, 0.29) is 12.0 Å². The fourth-order valence-electron chi connectivity index (χ4n) is 1.89. The van der Waals surface area contributed by atoms with Crippen LogP contribution in [0.25, 0.3) is 0 Å². The zero-order valence-corrected chi connectivity index (χ0v) is 11.5. The summed E-state index contributed by atoms with van der Waals surface area (Å²) in [5.41, 5.74) is 0.343. The minimum atomic E-state index is -0.137. The maximum atomic E-state index is 12.0. The van der Waals surface area contributed by atoms with Crippen molar-refractivity contribution in [3.05, 3.63) is 35.2 Å². The van der Waals surface area contributed by atoms with Crippen LogP contribution in [0, 0.1) is 0 Å². The summed E-state index contributed by atoms with van der Waals surface area (Å²) in [7, 11) is 1.72. The number of halogens is 1. The second-order valence-electron chi connectivity index (χ2n) is 4.54. The summed E-state index contributed by atoms with van der Waals surface area (Å²) in [6.45, 7) is 1.03. The molecule has 0 aliphatic carbocycles. The van der Waals surface area contributed by atoms with Crippen molar-refractivity contribution in [1.82, 2.24) is 24.9 Å². The van der Waals surface area contributed by atoms with Gasteiger partial charge in [-0.15, -0.1) is 5.10 Å². The van der Waals surface area contributed by atoms with E-state index in [1.165, 1.54) is 10.9 Å². The molecular formula is C12H12ClN5O2. The molecular weight excluding hydrogens is 282 g/mol. The fourth-order valence-corrected chi connectivity index (χ4v) is 2.00. The van der Waals surface area contributed by atoms with Gasteiger partial charge in [0.25, 0.3) is 5.91 Å². The van der Waals surface area contributed by atoms with Crippen LogP contribution in [0.5, 0.6) is 5.88 Å². The monoisotopic (exact) mass is 293 g/mol. The Morgan fingerprint density at radius 3 is 2.85 bits per heavy atom. The number of amides is 1. The average molecular weight is 294 g/mol. The lowest BCUT2D eigenvalue weighted by atomic mass is 10.1. The SMILES string of the molecule is Cn1cc(C(=O)N2CC(Oc3ccc(Cl)cn3)C2)nn1. The van der Waals surface area contributed by atoms with Crippen LogP contribution in [0.2, 0.25) is 5.02 Å². The lowest BCUT2D eigenvalue weighted by Crippen LogP contribution is -2.56. The van der Waals surface area contributed by atoms with Gasteiger partial charge in [0.05, 0.1) is 24.3 Å². The molecule has 3 rings (SSSR count). The zero-order chi connectivity index (χ0) is 14.1. The first-order chi connectivity index (χ1) is 9.61. The quantitative estimate of drug-likeness (QED) is 0.835. The molecule has 1 aliphatic rings. The number of nitrogens with zero attached hydrogens (tertiary/aromatic N) is 5. The molecule has 8 heteroatoms. The highest BCUT2D eigenvalue weighted by atomic mass is 35.5. The Labute approximate surface area is 120 Å². The number of pyridine rings is 1. The number of hydrogen-bond donors (Lipinski definition) is 0. The predicted molar refractivity (Wildman–Crippen MR) is 70.6 cm³/mol. The van der Waals surface area contributed by atoms with Gasteiger partial charge in [-0.3, -0.25) is 9.48 Å². The van der Waals surface area contributed by atoms with E-state index in [0.29, 0.717) is 29.7 Å². The van der Waals surface area contributed by atoms with Crippen molar-refractivity contribution < 1.29 is 9.53 Å². The number of aromatic nitrogens is 4. The molecule has 104 valence electrons. The molecule has 2 aromatic heterocycles. The molecule has 0 radical (unpaired) electrons. The van der Waals surface area contributed by atoms with E-state index in [4.69, 9.17) is 16.3 Å². The van der Waals surface area contributed by atoms with Gasteiger partial charge in [0.15, 0.2) is 5.69 Å². The van der Waals surface area contributed by atoms with Gasteiger partial charge < -0.3 is 9.64 Å². The van der Waals surface area contributed by atoms with Crippen LogP contribution < -0.4 is 4.74 Å². The van der Waals surface area contributed by atoms with Crippen LogP contribution >= 0.6 is 11.6 Å². The maximum Gasteiger partial charge on any atom is 0.276 e. The van der Waals surface area contributed by atoms with E-state index in [0.717, 1.165) is 0 Å². The summed E-state index contributed by atoms with van der Waals surface area (Å²) in [5.74, 6) is 0.369. The van der Waals surface area contributed by atoms with Gasteiger partial charge in [0, 0.05) is 19.3 Å². The summed E-state index contributed by atoms with van der Waals surface area (Å²) in [6, 6.07) is 3.42. The largest absolute Gasteiger partial charge is 0.471 e. The van der Waals surface area contributed by atoms with E-state index in [9.17, 15) is 4.79 Å². The molecule has 0 saturated carbocycles. The Bertz CT molecular complexity index is 621. The van der Waals surface area contributed by atoms with Crippen molar-refractivity contribution in [2.24, 2.45) is 7.05 Å². The topological polar surface area (TPSA) is 73.1 Å². The third-order valence-corrected chi connectivity index (χ3v) is 3.17. The molecule has 0 spiro atoms. The van der Waals surface area contributed by atoms with Crippen LogP contribution in [0.15, 0.2) is 24.5 Å². The standard InChI is InChI=1S/C12H12ClN5O2/c1-17-7-10(15-16-17)12(19)18-5-9(6-18)20-11-3-2-8(13)4-14-11/h2-4,7,9H,5-6H2,1H3. The Balaban J connectivity index is 1.53. The number of carbonyl (C=O) groups is 1. The smallest absolute Gasteiger partial charge is 0.276 e. The maximum absolute atomic E-state index is 12.0. The summed E-state index contributed by atoms with van der Waals surface area (Å²) < 4.78 is 7.12. The lowest BCUT2D eigenvalue weighted by Gasteiger charge is -2.38. The molecule has 0 N–H and O–H groups in total. The highest BCUT2D eigenvalue weighted by Crippen LogP contribution is 2.18. The number of carbonyl (C=O) groups excluding carboxylic acids is 1. The van der Waals surface area contributed by atoms with Crippen molar-refractivity contribution >= 4 is 17.5 Å². The highest BCUT2D eigenvalue weighted by Gasteiger charge is 2.34. The second kappa shape index (κ2) is 5.09. The van der Waals surface area contributed by atoms with Crippen LogP contribution in [-0.4, -0.2) is 50.0 Å². The summed E-state index contributed by atoms with van der Waals surface area (Å²) in [4.78, 5) is 17.7. The number of ether oxygens (including phenoxy) is 1. The number of likely N-dealkylation sites (tertiary alicyclic amines) is 1. The Morgan fingerprint density at radius 2 is 2.25 bits per heavy atom. The molecule has 3 heterocycles. The van der Waals surface area contributed by atoms with Gasteiger partial charge in [0.2, 0.25) is 5.88 Å². The van der Waals surface area contributed by atoms with E-state index in [2.05, 4.69) is 15.3 Å². The van der Waals surface area contributed by atoms with Crippen molar-refractivity contribution in [1.29, 1.82) is 0 Å². The molecule has 1 saturated heterocycles. The molecule has 0 aromatic carbocycles. The second-order valence-corrected chi connectivity index (χ2v) is 4.98. The van der Waals surface area contributed by atoms with Gasteiger partial charge in [-0.2, -0.15) is 0 Å². The molecule has 20 heavy (non-hydrogen) atoms. The predicted octanol–water partition coefficient (Wildman–Crippen LogP) is 0.767. The summed E-state index contributed by atoms with van der Waals surface area (Å²) in [5, 5.41) is 8.09. The average Bonchev–Trinajstić information content (AvgIpc) is 2.81. The van der Waals surface area contributed by atoms with Crippen molar-refractivity contribution in [3.63, 3.8) is 0 Å². The first kappa shape index (κ1) is 12.9. The first-order valence-corrected chi connectivity index (χ1v) is 6.43. The molecule has 0 atom stereocenters. The minimum absolute atomic E-state index is 0.0516. The normalized spacial score (nSPS) is 15.0. The third-order valence-electron chi connectivity index (χ3n) is 2.94. The van der Waals surface area contributed by atoms with Gasteiger partial charge in [0.1, 0.15) is 6.10 Å². The summed E-state index contributed by atoms with van der Waals surface area (Å²) in [6.07, 6.45) is 3.07. The Kier molecular flexibility index (Phi) is 3.27. The van der Waals surface area contributed by atoms with Crippen LogP contribution in [-0.2, 0) is 7.05 Å². The third kappa shape index (κ3) is 2.57. The molecule has 1 aliphatic heterocycles. The van der Waals surface area contributed by atoms with E-state index >= 15 is 0 Å². The molecule has 0 unspecified atom stereocenters. The van der Waals surface area contributed by atoms with Crippen molar-refractivity contribution in [2.45, 2.75) is 6.10 Å². The van der Waals surface area contributed by atoms with Gasteiger partial charge in [-0.1, -0.05) is 16.8 Å². The van der Waals surface area contributed by atoms with Crippen LogP contribution in [0.3, 0.4) is 0 Å². The van der Waals surface area contributed by atoms with Crippen molar-refractivity contribution in [3.8, 4) is 5.88 Å². The number of hydrogen-bond acceptors (Lipinski definition) is 5. The van der Waals surface area contributed by atoms with Crippen molar-refractivity contribution in [2.75, 3.05) is 13.1 Å². The summed E-state index contributed by atoms with van der Waals surface area (Å²) >= 11 is 5.74. The van der Waals surface area contributed by atoms with E-state index in [1.54, 1.807) is 30.3 Å². The lowest BCUT2D eigenvalue weighted by molar-refractivity contribution is 0.0156.